The number of hydrogen-bond donors (Lipinski definition) is 0. The van der Waals surface area contributed by atoms with Crippen LogP contribution in [0.3, 0.4) is 0 Å². The lowest BCUT2D eigenvalue weighted by atomic mass is 10.1. The number of rotatable bonds is 7. The number of hydrogen-bond acceptors (Lipinski definition) is 1. The maximum atomic E-state index is 12.5. The Hall–Kier alpha value is -2.35. The van der Waals surface area contributed by atoms with Crippen molar-refractivity contribution in [1.29, 1.82) is 0 Å². The van der Waals surface area contributed by atoms with E-state index in [1.165, 1.54) is 5.56 Å². The smallest absolute Gasteiger partial charge is 0.223 e. The van der Waals surface area contributed by atoms with E-state index in [1.807, 2.05) is 48.2 Å². The summed E-state index contributed by atoms with van der Waals surface area (Å²) in [6.45, 7) is 7.16. The van der Waals surface area contributed by atoms with Crippen LogP contribution in [0.5, 0.6) is 0 Å². The second-order valence-corrected chi connectivity index (χ2v) is 5.68. The molecule has 0 bridgehead atoms. The van der Waals surface area contributed by atoms with Gasteiger partial charge in [-0.15, -0.1) is 0 Å². The first-order valence-corrected chi connectivity index (χ1v) is 7.65. The maximum absolute atomic E-state index is 12.5. The molecule has 0 spiro atoms. The minimum atomic E-state index is 0.177. The summed E-state index contributed by atoms with van der Waals surface area (Å²) in [5, 5.41) is 0. The Morgan fingerprint density at radius 2 is 1.50 bits per heavy atom. The zero-order chi connectivity index (χ0) is 15.8. The number of nitrogens with zero attached hydrogens (tertiary/aromatic N) is 1. The number of aryl methyl sites for hydroxylation is 1. The molecule has 0 atom stereocenters. The highest BCUT2D eigenvalue weighted by Crippen LogP contribution is 2.10. The van der Waals surface area contributed by atoms with Crippen LogP contribution in [0.1, 0.15) is 24.5 Å². The Kier molecular flexibility index (Phi) is 5.96. The summed E-state index contributed by atoms with van der Waals surface area (Å²) in [5.74, 6) is 0.177. The summed E-state index contributed by atoms with van der Waals surface area (Å²) >= 11 is 0. The van der Waals surface area contributed by atoms with Crippen LogP contribution in [0, 0.1) is 0 Å². The molecule has 0 heterocycles. The number of carbonyl (C=O) groups is 1. The van der Waals surface area contributed by atoms with Gasteiger partial charge in [-0.3, -0.25) is 4.79 Å². The van der Waals surface area contributed by atoms with E-state index in [-0.39, 0.29) is 5.91 Å². The number of carbonyl (C=O) groups excluding carboxylic acids is 1. The first kappa shape index (κ1) is 16.0. The second-order valence-electron chi connectivity index (χ2n) is 5.68. The summed E-state index contributed by atoms with van der Waals surface area (Å²) < 4.78 is 0. The fraction of sp³-hybridized carbons (Fsp3) is 0.250. The Labute approximate surface area is 133 Å². The van der Waals surface area contributed by atoms with Crippen LogP contribution in [-0.4, -0.2) is 17.4 Å². The van der Waals surface area contributed by atoms with Gasteiger partial charge < -0.3 is 4.90 Å². The molecule has 0 aliphatic rings. The van der Waals surface area contributed by atoms with Crippen molar-refractivity contribution in [3.05, 3.63) is 83.9 Å². The van der Waals surface area contributed by atoms with Crippen LogP contribution in [0.4, 0.5) is 0 Å². The van der Waals surface area contributed by atoms with Crippen LogP contribution in [-0.2, 0) is 17.8 Å². The SMILES string of the molecule is C=C(C)CN(Cc1ccccc1)C(=O)CCc1ccccc1. The summed E-state index contributed by atoms with van der Waals surface area (Å²) in [4.78, 5) is 14.4. The Morgan fingerprint density at radius 1 is 0.955 bits per heavy atom. The summed E-state index contributed by atoms with van der Waals surface area (Å²) in [6, 6.07) is 20.2. The standard InChI is InChI=1S/C20H23NO/c1-17(2)15-21(16-19-11-7-4-8-12-19)20(22)14-13-18-9-5-3-6-10-18/h3-12H,1,13-16H2,2H3. The van der Waals surface area contributed by atoms with Gasteiger partial charge in [0.2, 0.25) is 5.91 Å². The molecule has 0 aliphatic heterocycles. The summed E-state index contributed by atoms with van der Waals surface area (Å²) in [6.07, 6.45) is 1.31. The monoisotopic (exact) mass is 293 g/mol. The molecule has 1 amide bonds. The van der Waals surface area contributed by atoms with Crippen LogP contribution in [0.15, 0.2) is 72.8 Å². The van der Waals surface area contributed by atoms with Crippen LogP contribution < -0.4 is 0 Å². The van der Waals surface area contributed by atoms with Crippen molar-refractivity contribution < 1.29 is 4.79 Å². The predicted molar refractivity (Wildman–Crippen MR) is 91.4 cm³/mol. The number of amides is 1. The van der Waals surface area contributed by atoms with E-state index in [1.54, 1.807) is 0 Å². The van der Waals surface area contributed by atoms with E-state index in [4.69, 9.17) is 0 Å². The fourth-order valence-corrected chi connectivity index (χ4v) is 2.42. The van der Waals surface area contributed by atoms with Crippen molar-refractivity contribution in [3.8, 4) is 0 Å². The highest BCUT2D eigenvalue weighted by Gasteiger charge is 2.14. The molecule has 0 radical (unpaired) electrons. The molecule has 0 aromatic heterocycles. The molecule has 2 heteroatoms. The minimum absolute atomic E-state index is 0.177. The van der Waals surface area contributed by atoms with Gasteiger partial charge in [0.05, 0.1) is 0 Å². The van der Waals surface area contributed by atoms with E-state index in [0.717, 1.165) is 17.6 Å². The van der Waals surface area contributed by atoms with E-state index >= 15 is 0 Å². The molecule has 0 aliphatic carbocycles. The van der Waals surface area contributed by atoms with Crippen LogP contribution >= 0.6 is 0 Å². The van der Waals surface area contributed by atoms with Gasteiger partial charge in [-0.1, -0.05) is 72.8 Å². The van der Waals surface area contributed by atoms with Crippen molar-refractivity contribution >= 4 is 5.91 Å². The Morgan fingerprint density at radius 3 is 2.05 bits per heavy atom. The summed E-state index contributed by atoms with van der Waals surface area (Å²) in [7, 11) is 0. The average Bonchev–Trinajstić information content (AvgIpc) is 2.53. The van der Waals surface area contributed by atoms with Crippen molar-refractivity contribution in [3.63, 3.8) is 0 Å². The van der Waals surface area contributed by atoms with Crippen molar-refractivity contribution in [2.75, 3.05) is 6.54 Å². The molecule has 22 heavy (non-hydrogen) atoms. The summed E-state index contributed by atoms with van der Waals surface area (Å²) in [5.41, 5.74) is 3.35. The van der Waals surface area contributed by atoms with Crippen LogP contribution in [0.25, 0.3) is 0 Å². The molecule has 2 aromatic rings. The number of benzene rings is 2. The highest BCUT2D eigenvalue weighted by atomic mass is 16.2. The van der Waals surface area contributed by atoms with Gasteiger partial charge in [0.15, 0.2) is 0 Å². The van der Waals surface area contributed by atoms with Gasteiger partial charge in [-0.2, -0.15) is 0 Å². The molecule has 0 saturated heterocycles. The third-order valence-corrected chi connectivity index (χ3v) is 3.50. The predicted octanol–water partition coefficient (Wildman–Crippen LogP) is 4.22. The maximum Gasteiger partial charge on any atom is 0.223 e. The van der Waals surface area contributed by atoms with Crippen molar-refractivity contribution in [2.45, 2.75) is 26.3 Å². The molecule has 0 fully saturated rings. The van der Waals surface area contributed by atoms with Gasteiger partial charge >= 0.3 is 0 Å². The molecule has 0 N–H and O–H groups in total. The molecule has 2 aromatic carbocycles. The molecule has 0 saturated carbocycles. The van der Waals surface area contributed by atoms with Gasteiger partial charge in [0, 0.05) is 19.5 Å². The fourth-order valence-electron chi connectivity index (χ4n) is 2.42. The zero-order valence-electron chi connectivity index (χ0n) is 13.2. The van der Waals surface area contributed by atoms with Crippen molar-refractivity contribution in [1.82, 2.24) is 4.90 Å². The molecule has 0 unspecified atom stereocenters. The van der Waals surface area contributed by atoms with Gasteiger partial charge in [-0.25, -0.2) is 0 Å². The van der Waals surface area contributed by atoms with E-state index < -0.39 is 0 Å². The topological polar surface area (TPSA) is 20.3 Å². The van der Waals surface area contributed by atoms with E-state index in [9.17, 15) is 4.79 Å². The zero-order valence-corrected chi connectivity index (χ0v) is 13.2. The molecule has 2 rings (SSSR count). The largest absolute Gasteiger partial charge is 0.334 e. The highest BCUT2D eigenvalue weighted by molar-refractivity contribution is 5.76. The Balaban J connectivity index is 1.98. The molecule has 114 valence electrons. The van der Waals surface area contributed by atoms with Crippen molar-refractivity contribution in [2.24, 2.45) is 0 Å². The van der Waals surface area contributed by atoms with E-state index in [0.29, 0.717) is 19.5 Å². The molecular weight excluding hydrogens is 270 g/mol. The lowest BCUT2D eigenvalue weighted by Gasteiger charge is -2.23. The molecule has 2 nitrogen and oxygen atoms in total. The molecular formula is C20H23NO. The lowest BCUT2D eigenvalue weighted by Crippen LogP contribution is -2.32. The van der Waals surface area contributed by atoms with E-state index in [2.05, 4.69) is 30.8 Å². The van der Waals surface area contributed by atoms with Crippen LogP contribution in [0.2, 0.25) is 0 Å². The quantitative estimate of drug-likeness (QED) is 0.700. The minimum Gasteiger partial charge on any atom is -0.334 e. The Bertz CT molecular complexity index is 604. The lowest BCUT2D eigenvalue weighted by molar-refractivity contribution is -0.131. The van der Waals surface area contributed by atoms with Gasteiger partial charge in [0.1, 0.15) is 0 Å². The third-order valence-electron chi connectivity index (χ3n) is 3.50. The van der Waals surface area contributed by atoms with Gasteiger partial charge in [0.25, 0.3) is 0 Å². The normalized spacial score (nSPS) is 10.2. The van der Waals surface area contributed by atoms with Gasteiger partial charge in [-0.05, 0) is 24.5 Å². The third kappa shape index (κ3) is 5.21. The first-order valence-electron chi connectivity index (χ1n) is 7.65. The average molecular weight is 293 g/mol. The first-order chi connectivity index (χ1) is 10.6. The second kappa shape index (κ2) is 8.18.